The molecule has 0 aromatic heterocycles. The summed E-state index contributed by atoms with van der Waals surface area (Å²) < 4.78 is 13.9. The third kappa shape index (κ3) is 2.69. The maximum atomic E-state index is 13.7. The molecule has 0 radical (unpaired) electrons. The maximum absolute atomic E-state index is 13.7. The van der Waals surface area contributed by atoms with Crippen LogP contribution in [0, 0.1) is 5.82 Å². The van der Waals surface area contributed by atoms with E-state index in [1.807, 2.05) is 0 Å². The van der Waals surface area contributed by atoms with Gasteiger partial charge in [0.1, 0.15) is 11.9 Å². The third-order valence-corrected chi connectivity index (χ3v) is 3.40. The molecule has 96 valence electrons. The van der Waals surface area contributed by atoms with Crippen LogP contribution in [-0.4, -0.2) is 24.4 Å². The number of hydrogen-bond donors (Lipinski definition) is 2. The van der Waals surface area contributed by atoms with Gasteiger partial charge in [0, 0.05) is 6.54 Å². The van der Waals surface area contributed by atoms with Crippen molar-refractivity contribution >= 4 is 27.7 Å². The Balaban J connectivity index is 2.12. The molecule has 1 fully saturated rings. The molecular weight excluding hydrogens is 303 g/mol. The molecule has 0 saturated carbocycles. The molecule has 4 nitrogen and oxygen atoms in total. The zero-order chi connectivity index (χ0) is 13.1. The smallest absolute Gasteiger partial charge is 0.254 e. The van der Waals surface area contributed by atoms with E-state index in [1.165, 1.54) is 12.1 Å². The number of hydrogen-bond acceptors (Lipinski definition) is 2. The van der Waals surface area contributed by atoms with Crippen molar-refractivity contribution in [3.63, 3.8) is 0 Å². The van der Waals surface area contributed by atoms with E-state index in [0.717, 1.165) is 6.42 Å². The lowest BCUT2D eigenvalue weighted by atomic mass is 10.1. The third-order valence-electron chi connectivity index (χ3n) is 2.79. The predicted molar refractivity (Wildman–Crippen MR) is 67.6 cm³/mol. The first-order chi connectivity index (χ1) is 8.59. The lowest BCUT2D eigenvalue weighted by molar-refractivity contribution is -0.124. The summed E-state index contributed by atoms with van der Waals surface area (Å²) in [4.78, 5) is 23.4. The summed E-state index contributed by atoms with van der Waals surface area (Å²) in [5.41, 5.74) is -0.0669. The van der Waals surface area contributed by atoms with Crippen molar-refractivity contribution in [1.82, 2.24) is 10.6 Å². The molecule has 1 heterocycles. The molecule has 1 aliphatic rings. The SMILES string of the molecule is O=C(NC1CCCNC1=O)c1cccc(Br)c1F. The largest absolute Gasteiger partial charge is 0.354 e. The quantitative estimate of drug-likeness (QED) is 0.871. The Bertz CT molecular complexity index is 493. The van der Waals surface area contributed by atoms with Crippen molar-refractivity contribution in [1.29, 1.82) is 0 Å². The van der Waals surface area contributed by atoms with Gasteiger partial charge in [0.2, 0.25) is 5.91 Å². The van der Waals surface area contributed by atoms with Crippen LogP contribution in [0.4, 0.5) is 4.39 Å². The lowest BCUT2D eigenvalue weighted by Gasteiger charge is -2.22. The summed E-state index contributed by atoms with van der Waals surface area (Å²) in [5, 5.41) is 5.20. The summed E-state index contributed by atoms with van der Waals surface area (Å²) in [6, 6.07) is 3.89. The van der Waals surface area contributed by atoms with Gasteiger partial charge in [-0.2, -0.15) is 0 Å². The highest BCUT2D eigenvalue weighted by molar-refractivity contribution is 9.10. The van der Waals surface area contributed by atoms with Gasteiger partial charge in [0.15, 0.2) is 0 Å². The second-order valence-corrected chi connectivity index (χ2v) is 4.92. The van der Waals surface area contributed by atoms with Crippen LogP contribution < -0.4 is 10.6 Å². The molecule has 0 spiro atoms. The van der Waals surface area contributed by atoms with E-state index in [4.69, 9.17) is 0 Å². The molecule has 2 N–H and O–H groups in total. The summed E-state index contributed by atoms with van der Waals surface area (Å²) in [6.07, 6.45) is 1.38. The van der Waals surface area contributed by atoms with E-state index >= 15 is 0 Å². The summed E-state index contributed by atoms with van der Waals surface area (Å²) >= 11 is 3.02. The van der Waals surface area contributed by atoms with Gasteiger partial charge in [0.05, 0.1) is 10.0 Å². The second-order valence-electron chi connectivity index (χ2n) is 4.06. The molecule has 1 aliphatic heterocycles. The Morgan fingerprint density at radius 1 is 1.50 bits per heavy atom. The van der Waals surface area contributed by atoms with Gasteiger partial charge >= 0.3 is 0 Å². The second kappa shape index (κ2) is 5.48. The Morgan fingerprint density at radius 2 is 2.28 bits per heavy atom. The highest BCUT2D eigenvalue weighted by atomic mass is 79.9. The number of carbonyl (C=O) groups excluding carboxylic acids is 2. The van der Waals surface area contributed by atoms with Crippen molar-refractivity contribution in [3.05, 3.63) is 34.1 Å². The molecule has 0 bridgehead atoms. The number of benzene rings is 1. The molecule has 1 aromatic rings. The van der Waals surface area contributed by atoms with Crippen molar-refractivity contribution < 1.29 is 14.0 Å². The van der Waals surface area contributed by atoms with E-state index in [2.05, 4.69) is 26.6 Å². The summed E-state index contributed by atoms with van der Waals surface area (Å²) in [5.74, 6) is -1.41. The van der Waals surface area contributed by atoms with Gasteiger partial charge < -0.3 is 10.6 Å². The molecular formula is C12H12BrFN2O2. The molecule has 0 aliphatic carbocycles. The van der Waals surface area contributed by atoms with Crippen molar-refractivity contribution in [3.8, 4) is 0 Å². The Kier molecular flexibility index (Phi) is 3.96. The zero-order valence-corrected chi connectivity index (χ0v) is 11.1. The molecule has 1 atom stereocenters. The highest BCUT2D eigenvalue weighted by Gasteiger charge is 2.25. The van der Waals surface area contributed by atoms with Crippen molar-refractivity contribution in [2.24, 2.45) is 0 Å². The minimum atomic E-state index is -0.619. The van der Waals surface area contributed by atoms with Crippen LogP contribution in [-0.2, 0) is 4.79 Å². The standard InChI is InChI=1S/C12H12BrFN2O2/c13-8-4-1-3-7(10(8)14)11(17)16-9-5-2-6-15-12(9)18/h1,3-4,9H,2,5-6H2,(H,15,18)(H,16,17). The topological polar surface area (TPSA) is 58.2 Å². The highest BCUT2D eigenvalue weighted by Crippen LogP contribution is 2.18. The van der Waals surface area contributed by atoms with Gasteiger partial charge in [-0.15, -0.1) is 0 Å². The first-order valence-corrected chi connectivity index (χ1v) is 6.41. The van der Waals surface area contributed by atoms with Gasteiger partial charge in [-0.3, -0.25) is 9.59 Å². The Hall–Kier alpha value is -1.43. The van der Waals surface area contributed by atoms with E-state index in [9.17, 15) is 14.0 Å². The number of piperidine rings is 1. The minimum absolute atomic E-state index is 0.0669. The number of nitrogens with one attached hydrogen (secondary N) is 2. The predicted octanol–water partition coefficient (Wildman–Crippen LogP) is 1.60. The number of amides is 2. The molecule has 1 unspecified atom stereocenters. The normalized spacial score (nSPS) is 19.2. The van der Waals surface area contributed by atoms with Crippen molar-refractivity contribution in [2.75, 3.05) is 6.54 Å². The fraction of sp³-hybridized carbons (Fsp3) is 0.333. The summed E-state index contributed by atoms with van der Waals surface area (Å²) in [6.45, 7) is 0.621. The molecule has 2 rings (SSSR count). The molecule has 2 amide bonds. The Morgan fingerprint density at radius 3 is 3.00 bits per heavy atom. The first kappa shape index (κ1) is 13.0. The summed E-state index contributed by atoms with van der Waals surface area (Å²) in [7, 11) is 0. The van der Waals surface area contributed by atoms with E-state index in [1.54, 1.807) is 6.07 Å². The Labute approximate surface area is 112 Å². The van der Waals surface area contributed by atoms with Crippen LogP contribution in [0.25, 0.3) is 0 Å². The lowest BCUT2D eigenvalue weighted by Crippen LogP contribution is -2.50. The monoisotopic (exact) mass is 314 g/mol. The number of carbonyl (C=O) groups is 2. The van der Waals surface area contributed by atoms with Crippen LogP contribution in [0.3, 0.4) is 0 Å². The van der Waals surface area contributed by atoms with Gasteiger partial charge in [-0.25, -0.2) is 4.39 Å². The fourth-order valence-electron chi connectivity index (χ4n) is 1.82. The molecule has 6 heteroatoms. The van der Waals surface area contributed by atoms with E-state index in [0.29, 0.717) is 13.0 Å². The van der Waals surface area contributed by atoms with Crippen LogP contribution in [0.15, 0.2) is 22.7 Å². The van der Waals surface area contributed by atoms with Gasteiger partial charge in [-0.1, -0.05) is 6.07 Å². The molecule has 1 aromatic carbocycles. The number of halogens is 2. The maximum Gasteiger partial charge on any atom is 0.254 e. The van der Waals surface area contributed by atoms with Gasteiger partial charge in [-0.05, 0) is 40.9 Å². The van der Waals surface area contributed by atoms with Crippen LogP contribution in [0.2, 0.25) is 0 Å². The zero-order valence-electron chi connectivity index (χ0n) is 9.50. The molecule has 18 heavy (non-hydrogen) atoms. The number of rotatable bonds is 2. The van der Waals surface area contributed by atoms with Crippen molar-refractivity contribution in [2.45, 2.75) is 18.9 Å². The average Bonchev–Trinajstić information content (AvgIpc) is 2.35. The fourth-order valence-corrected chi connectivity index (χ4v) is 2.19. The van der Waals surface area contributed by atoms with E-state index in [-0.39, 0.29) is 15.9 Å². The van der Waals surface area contributed by atoms with Crippen LogP contribution in [0.1, 0.15) is 23.2 Å². The minimum Gasteiger partial charge on any atom is -0.354 e. The average molecular weight is 315 g/mol. The van der Waals surface area contributed by atoms with Gasteiger partial charge in [0.25, 0.3) is 5.91 Å². The first-order valence-electron chi connectivity index (χ1n) is 5.62. The van der Waals surface area contributed by atoms with Crippen LogP contribution >= 0.6 is 15.9 Å². The van der Waals surface area contributed by atoms with E-state index < -0.39 is 17.8 Å². The van der Waals surface area contributed by atoms with Crippen LogP contribution in [0.5, 0.6) is 0 Å². The molecule has 1 saturated heterocycles.